The zero-order valence-electron chi connectivity index (χ0n) is 19.2. The first kappa shape index (κ1) is 21.8. The van der Waals surface area contributed by atoms with Crippen LogP contribution in [0.4, 0.5) is 0 Å². The molecule has 4 aromatic rings. The number of piperidine rings is 1. The van der Waals surface area contributed by atoms with E-state index in [2.05, 4.69) is 65.4 Å². The zero-order valence-corrected chi connectivity index (χ0v) is 20.0. The lowest BCUT2D eigenvalue weighted by molar-refractivity contribution is 0.206. The van der Waals surface area contributed by atoms with E-state index in [1.54, 1.807) is 11.8 Å². The van der Waals surface area contributed by atoms with Crippen LogP contribution in [-0.4, -0.2) is 40.8 Å². The van der Waals surface area contributed by atoms with Crippen LogP contribution in [0.1, 0.15) is 18.4 Å². The molecule has 0 N–H and O–H groups in total. The van der Waals surface area contributed by atoms with Crippen molar-refractivity contribution in [1.82, 2.24) is 14.5 Å². The maximum atomic E-state index is 9.26. The molecule has 5 heteroatoms. The first-order valence-electron chi connectivity index (χ1n) is 11.5. The molecule has 33 heavy (non-hydrogen) atoms. The van der Waals surface area contributed by atoms with Crippen LogP contribution in [0.2, 0.25) is 0 Å². The van der Waals surface area contributed by atoms with E-state index in [1.165, 1.54) is 41.7 Å². The zero-order chi connectivity index (χ0) is 22.8. The van der Waals surface area contributed by atoms with Crippen LogP contribution >= 0.6 is 11.8 Å². The van der Waals surface area contributed by atoms with E-state index in [0.717, 1.165) is 28.9 Å². The molecule has 0 aliphatic carbocycles. The summed E-state index contributed by atoms with van der Waals surface area (Å²) in [6.45, 7) is 3.39. The van der Waals surface area contributed by atoms with Gasteiger partial charge in [-0.3, -0.25) is 4.98 Å². The van der Waals surface area contributed by atoms with Crippen molar-refractivity contribution in [2.24, 2.45) is 5.92 Å². The molecule has 3 heterocycles. The molecule has 166 valence electrons. The summed E-state index contributed by atoms with van der Waals surface area (Å²) in [6, 6.07) is 21.0. The van der Waals surface area contributed by atoms with E-state index in [4.69, 9.17) is 4.98 Å². The second kappa shape index (κ2) is 9.43. The third-order valence-electron chi connectivity index (χ3n) is 6.79. The van der Waals surface area contributed by atoms with Crippen molar-refractivity contribution in [2.45, 2.75) is 24.3 Å². The summed E-state index contributed by atoms with van der Waals surface area (Å²) in [7, 11) is 2.21. The minimum Gasteiger partial charge on any atom is -0.346 e. The van der Waals surface area contributed by atoms with E-state index in [1.807, 2.05) is 30.5 Å². The number of rotatable bonds is 5. The number of aromatic nitrogens is 2. The van der Waals surface area contributed by atoms with Gasteiger partial charge in [0.15, 0.2) is 0 Å². The summed E-state index contributed by atoms with van der Waals surface area (Å²) in [5, 5.41) is 10.5. The van der Waals surface area contributed by atoms with Gasteiger partial charge >= 0.3 is 0 Å². The molecule has 2 aromatic carbocycles. The molecule has 0 saturated carbocycles. The molecule has 0 spiro atoms. The fourth-order valence-corrected chi connectivity index (χ4v) is 5.22. The predicted octanol–water partition coefficient (Wildman–Crippen LogP) is 6.31. The monoisotopic (exact) mass is 452 g/mol. The van der Waals surface area contributed by atoms with E-state index in [0.29, 0.717) is 11.5 Å². The predicted molar refractivity (Wildman–Crippen MR) is 137 cm³/mol. The van der Waals surface area contributed by atoms with E-state index < -0.39 is 0 Å². The Balaban J connectivity index is 1.61. The molecule has 1 saturated heterocycles. The number of nitrogens with zero attached hydrogens (tertiary/aromatic N) is 4. The molecular weight excluding hydrogens is 424 g/mol. The Hall–Kier alpha value is -3.07. The highest BCUT2D eigenvalue weighted by molar-refractivity contribution is 7.98. The van der Waals surface area contributed by atoms with Gasteiger partial charge in [-0.2, -0.15) is 5.26 Å². The summed E-state index contributed by atoms with van der Waals surface area (Å²) in [5.41, 5.74) is 6.17. The van der Waals surface area contributed by atoms with Crippen LogP contribution in [0.5, 0.6) is 0 Å². The Kier molecular flexibility index (Phi) is 6.22. The van der Waals surface area contributed by atoms with Crippen molar-refractivity contribution in [3.63, 3.8) is 0 Å². The molecule has 0 unspecified atom stereocenters. The van der Waals surface area contributed by atoms with E-state index >= 15 is 0 Å². The molecule has 0 atom stereocenters. The van der Waals surface area contributed by atoms with Crippen LogP contribution in [0.25, 0.3) is 33.3 Å². The lowest BCUT2D eigenvalue weighted by Crippen LogP contribution is -2.31. The number of benzene rings is 2. The van der Waals surface area contributed by atoms with Crippen LogP contribution in [0.3, 0.4) is 0 Å². The molecular formula is C28H28N4S. The number of pyridine rings is 1. The number of fused-ring (bicyclic) bond motifs is 1. The lowest BCUT2D eigenvalue weighted by atomic mass is 9.95. The highest BCUT2D eigenvalue weighted by Crippen LogP contribution is 2.38. The maximum Gasteiger partial charge on any atom is 0.0991 e. The Morgan fingerprint density at radius 3 is 2.36 bits per heavy atom. The van der Waals surface area contributed by atoms with Gasteiger partial charge in [0.1, 0.15) is 0 Å². The number of thioether (sulfide) groups is 1. The Bertz CT molecular complexity index is 1290. The van der Waals surface area contributed by atoms with E-state index in [9.17, 15) is 5.26 Å². The second-order valence-electron chi connectivity index (χ2n) is 8.91. The first-order chi connectivity index (χ1) is 16.2. The average Bonchev–Trinajstić information content (AvgIpc) is 3.27. The molecule has 2 aromatic heterocycles. The second-order valence-corrected chi connectivity index (χ2v) is 9.79. The quantitative estimate of drug-likeness (QED) is 0.333. The van der Waals surface area contributed by atoms with E-state index in [-0.39, 0.29) is 0 Å². The van der Waals surface area contributed by atoms with Crippen LogP contribution in [0.15, 0.2) is 71.9 Å². The number of likely N-dealkylation sites (tertiary alicyclic amines) is 1. The molecule has 4 nitrogen and oxygen atoms in total. The van der Waals surface area contributed by atoms with Gasteiger partial charge in [0.25, 0.3) is 0 Å². The van der Waals surface area contributed by atoms with Gasteiger partial charge in [0.2, 0.25) is 0 Å². The van der Waals surface area contributed by atoms with Crippen molar-refractivity contribution in [1.29, 1.82) is 5.26 Å². The smallest absolute Gasteiger partial charge is 0.0991 e. The SMILES string of the molecule is CSc1ccc(-c2ncc3c(ccn3CC3CCN(C)CC3)c2-c2ccc(C#N)cc2)cc1. The van der Waals surface area contributed by atoms with Crippen molar-refractivity contribution in [3.05, 3.63) is 72.6 Å². The number of hydrogen-bond donors (Lipinski definition) is 0. The van der Waals surface area contributed by atoms with Gasteiger partial charge in [0.05, 0.1) is 29.0 Å². The van der Waals surface area contributed by atoms with Gasteiger partial charge in [-0.15, -0.1) is 11.8 Å². The minimum atomic E-state index is 0.671. The van der Waals surface area contributed by atoms with Crippen LogP contribution in [-0.2, 0) is 6.54 Å². The first-order valence-corrected chi connectivity index (χ1v) is 12.7. The average molecular weight is 453 g/mol. The van der Waals surface area contributed by atoms with Gasteiger partial charge in [-0.25, -0.2) is 0 Å². The summed E-state index contributed by atoms with van der Waals surface area (Å²) >= 11 is 1.74. The number of hydrogen-bond acceptors (Lipinski definition) is 4. The maximum absolute atomic E-state index is 9.26. The van der Waals surface area contributed by atoms with Gasteiger partial charge in [0, 0.05) is 34.2 Å². The fourth-order valence-electron chi connectivity index (χ4n) is 4.81. The summed E-state index contributed by atoms with van der Waals surface area (Å²) < 4.78 is 2.38. The van der Waals surface area contributed by atoms with Crippen LogP contribution < -0.4 is 0 Å². The lowest BCUT2D eigenvalue weighted by Gasteiger charge is -2.29. The highest BCUT2D eigenvalue weighted by Gasteiger charge is 2.20. The Morgan fingerprint density at radius 1 is 1.00 bits per heavy atom. The minimum absolute atomic E-state index is 0.671. The standard InChI is InChI=1S/C28H28N4S/c1-31-14-11-21(12-15-31)19-32-16-13-25-26(32)18-30-28(23-7-9-24(33-2)10-8-23)27(25)22-5-3-20(17-29)4-6-22/h3-10,13,16,18,21H,11-12,14-15,19H2,1-2H3. The van der Waals surface area contributed by atoms with Gasteiger partial charge in [-0.05, 0) is 81.0 Å². The normalized spacial score (nSPS) is 15.1. The third kappa shape index (κ3) is 4.42. The highest BCUT2D eigenvalue weighted by atomic mass is 32.2. The van der Waals surface area contributed by atoms with Gasteiger partial charge < -0.3 is 9.47 Å². The molecule has 0 bridgehead atoms. The largest absolute Gasteiger partial charge is 0.346 e. The van der Waals surface area contributed by atoms with Crippen molar-refractivity contribution in [2.75, 3.05) is 26.4 Å². The van der Waals surface area contributed by atoms with Crippen molar-refractivity contribution in [3.8, 4) is 28.5 Å². The molecule has 5 rings (SSSR count). The molecule has 1 aliphatic rings. The Labute approximate surface area is 199 Å². The third-order valence-corrected chi connectivity index (χ3v) is 7.53. The van der Waals surface area contributed by atoms with Crippen LogP contribution in [0, 0.1) is 17.2 Å². The molecule has 1 fully saturated rings. The van der Waals surface area contributed by atoms with Gasteiger partial charge in [-0.1, -0.05) is 24.3 Å². The fraction of sp³-hybridized carbons (Fsp3) is 0.286. The number of nitriles is 1. The molecule has 0 radical (unpaired) electrons. The Morgan fingerprint density at radius 2 is 1.70 bits per heavy atom. The van der Waals surface area contributed by atoms with Crippen molar-refractivity contribution >= 4 is 22.7 Å². The van der Waals surface area contributed by atoms with Crippen molar-refractivity contribution < 1.29 is 0 Å². The molecule has 0 amide bonds. The summed E-state index contributed by atoms with van der Waals surface area (Å²) in [4.78, 5) is 8.65. The summed E-state index contributed by atoms with van der Waals surface area (Å²) in [5.74, 6) is 0.703. The topological polar surface area (TPSA) is 44.9 Å². The summed E-state index contributed by atoms with van der Waals surface area (Å²) in [6.07, 6.45) is 8.83. The molecule has 1 aliphatic heterocycles.